The van der Waals surface area contributed by atoms with E-state index in [0.29, 0.717) is 4.71 Å². The molecule has 2 fully saturated rings. The molecule has 0 spiro atoms. The van der Waals surface area contributed by atoms with E-state index in [-0.39, 0.29) is 0 Å². The van der Waals surface area contributed by atoms with Gasteiger partial charge in [0.2, 0.25) is 4.71 Å². The molecule has 1 unspecified atom stereocenters. The summed E-state index contributed by atoms with van der Waals surface area (Å²) in [5, 5.41) is 6.35. The lowest BCUT2D eigenvalue weighted by molar-refractivity contribution is 0.0995. The normalized spacial score (nSPS) is 26.6. The zero-order valence-corrected chi connectivity index (χ0v) is 17.6. The van der Waals surface area contributed by atoms with Crippen LogP contribution in [0.25, 0.3) is 0 Å². The highest BCUT2D eigenvalue weighted by Gasteiger charge is 2.57. The molecule has 1 aromatic carbocycles. The van der Waals surface area contributed by atoms with E-state index >= 15 is 0 Å². The summed E-state index contributed by atoms with van der Waals surface area (Å²) in [7, 11) is 0. The zero-order valence-electron chi connectivity index (χ0n) is 16.0. The average molecular weight is 394 g/mol. The minimum Gasteiger partial charge on any atom is -0.494 e. The van der Waals surface area contributed by atoms with Crippen molar-refractivity contribution in [1.82, 2.24) is 4.48 Å². The van der Waals surface area contributed by atoms with Crippen LogP contribution in [0.1, 0.15) is 71.1 Å². The van der Waals surface area contributed by atoms with E-state index in [1.165, 1.54) is 74.8 Å². The van der Waals surface area contributed by atoms with Gasteiger partial charge in [-0.1, -0.05) is 12.8 Å². The maximum Gasteiger partial charge on any atom is 0.206 e. The first kappa shape index (κ1) is 19.0. The van der Waals surface area contributed by atoms with Gasteiger partial charge >= 0.3 is 0 Å². The third-order valence-electron chi connectivity index (χ3n) is 6.71. The lowest BCUT2D eigenvalue weighted by atomic mass is 9.85. The second kappa shape index (κ2) is 8.34. The highest BCUT2D eigenvalue weighted by atomic mass is 32.2. The molecule has 0 aromatic heterocycles. The van der Waals surface area contributed by atoms with Crippen molar-refractivity contribution in [2.45, 2.75) is 92.8 Å². The average Bonchev–Trinajstić information content (AvgIpc) is 3.04. The maximum absolute atomic E-state index is 6.35. The van der Waals surface area contributed by atoms with E-state index in [9.17, 15) is 0 Å². The van der Waals surface area contributed by atoms with Crippen LogP contribution in [0.15, 0.2) is 23.1 Å². The van der Waals surface area contributed by atoms with Gasteiger partial charge in [-0.25, -0.2) is 0 Å². The Morgan fingerprint density at radius 2 is 1.65 bits per heavy atom. The molecule has 1 heterocycles. The number of fused-ring (bicyclic) bond motifs is 1. The second-order valence-corrected chi connectivity index (χ2v) is 10.2. The first-order valence-corrected chi connectivity index (χ1v) is 12.3. The number of quaternary nitrogens is 1. The highest BCUT2D eigenvalue weighted by molar-refractivity contribution is 8.16. The molecule has 0 radical (unpaired) electrons. The van der Waals surface area contributed by atoms with Crippen LogP contribution in [0.2, 0.25) is 0 Å². The predicted molar refractivity (Wildman–Crippen MR) is 115 cm³/mol. The molecule has 0 saturated heterocycles. The molecule has 3 nitrogen and oxygen atoms in total. The standard InChI is InChI=1S/C21H33N2OS2/c1-2-24-18-13-14-20-19(15-18)23(21(25-20)26-22,16-9-5-3-6-10-16)17-11-7-4-8-12-17/h13-17,21H,2-12,22H2,1H3/q+1. The van der Waals surface area contributed by atoms with Crippen molar-refractivity contribution in [1.29, 1.82) is 0 Å². The fraction of sp³-hybridized carbons (Fsp3) is 0.714. The van der Waals surface area contributed by atoms with Gasteiger partial charge in [0.05, 0.1) is 23.6 Å². The first-order chi connectivity index (χ1) is 12.8. The SMILES string of the molecule is CCOc1ccc2c(c1)[N+](C1CCCCC1)(C1CCCCC1)C(SN)S2. The van der Waals surface area contributed by atoms with Gasteiger partial charge < -0.3 is 4.74 Å². The molecule has 1 atom stereocenters. The molecule has 2 saturated carbocycles. The summed E-state index contributed by atoms with van der Waals surface area (Å²) in [5.74, 6) is 1.03. The molecule has 4 rings (SSSR count). The van der Waals surface area contributed by atoms with E-state index in [1.807, 2.05) is 11.8 Å². The van der Waals surface area contributed by atoms with Crippen molar-refractivity contribution in [2.24, 2.45) is 5.14 Å². The summed E-state index contributed by atoms with van der Waals surface area (Å²) < 4.78 is 7.43. The minimum atomic E-state index is 0.396. The smallest absolute Gasteiger partial charge is 0.206 e. The molecule has 144 valence electrons. The Morgan fingerprint density at radius 1 is 1.04 bits per heavy atom. The Balaban J connectivity index is 1.83. The summed E-state index contributed by atoms with van der Waals surface area (Å²) in [6, 6.07) is 8.25. The molecular weight excluding hydrogens is 360 g/mol. The van der Waals surface area contributed by atoms with Crippen LogP contribution in [-0.2, 0) is 0 Å². The number of nitrogens with two attached hydrogens (primary N) is 1. The van der Waals surface area contributed by atoms with Crippen LogP contribution in [0, 0.1) is 0 Å². The Labute approximate surface area is 167 Å². The van der Waals surface area contributed by atoms with Crippen molar-refractivity contribution < 1.29 is 4.74 Å². The number of thioether (sulfide) groups is 1. The molecule has 3 aliphatic rings. The van der Waals surface area contributed by atoms with Gasteiger partial charge in [0, 0.05) is 6.07 Å². The quantitative estimate of drug-likeness (QED) is 0.487. The maximum atomic E-state index is 6.35. The summed E-state index contributed by atoms with van der Waals surface area (Å²) in [6.07, 6.45) is 13.7. The Kier molecular flexibility index (Phi) is 6.09. The lowest BCUT2D eigenvalue weighted by Gasteiger charge is -2.52. The molecule has 0 bridgehead atoms. The Morgan fingerprint density at radius 3 is 2.19 bits per heavy atom. The van der Waals surface area contributed by atoms with Gasteiger partial charge in [-0.15, -0.1) is 0 Å². The van der Waals surface area contributed by atoms with Gasteiger partial charge in [0.25, 0.3) is 0 Å². The van der Waals surface area contributed by atoms with E-state index in [2.05, 4.69) is 25.1 Å². The van der Waals surface area contributed by atoms with Gasteiger partial charge in [-0.05, 0) is 94.1 Å². The summed E-state index contributed by atoms with van der Waals surface area (Å²) >= 11 is 3.61. The minimum absolute atomic E-state index is 0.396. The lowest BCUT2D eigenvalue weighted by Crippen LogP contribution is -2.66. The van der Waals surface area contributed by atoms with Crippen LogP contribution in [-0.4, -0.2) is 23.4 Å². The number of nitrogens with zero attached hydrogens (tertiary/aromatic N) is 1. The number of rotatable bonds is 5. The van der Waals surface area contributed by atoms with Crippen LogP contribution < -0.4 is 14.4 Å². The number of benzene rings is 1. The Bertz CT molecular complexity index is 594. The monoisotopic (exact) mass is 393 g/mol. The number of hydrogen-bond donors (Lipinski definition) is 1. The molecule has 26 heavy (non-hydrogen) atoms. The van der Waals surface area contributed by atoms with Gasteiger partial charge in [-0.2, -0.15) is 0 Å². The summed E-state index contributed by atoms with van der Waals surface area (Å²) in [6.45, 7) is 2.80. The fourth-order valence-electron chi connectivity index (χ4n) is 5.65. The van der Waals surface area contributed by atoms with E-state index in [1.54, 1.807) is 11.9 Å². The number of ether oxygens (including phenoxy) is 1. The molecule has 0 amide bonds. The van der Waals surface area contributed by atoms with Gasteiger partial charge in [0.1, 0.15) is 5.75 Å². The van der Waals surface area contributed by atoms with Crippen LogP contribution in [0.3, 0.4) is 0 Å². The van der Waals surface area contributed by atoms with Crippen molar-refractivity contribution in [2.75, 3.05) is 6.61 Å². The topological polar surface area (TPSA) is 35.2 Å². The van der Waals surface area contributed by atoms with Gasteiger partial charge in [0.15, 0.2) is 5.69 Å². The molecule has 1 aromatic rings. The molecule has 2 aliphatic carbocycles. The first-order valence-electron chi connectivity index (χ1n) is 10.5. The molecule has 2 N–H and O–H groups in total. The van der Waals surface area contributed by atoms with E-state index in [4.69, 9.17) is 9.88 Å². The zero-order chi connectivity index (χ0) is 18.0. The molecule has 1 aliphatic heterocycles. The van der Waals surface area contributed by atoms with Crippen LogP contribution in [0.5, 0.6) is 5.75 Å². The predicted octanol–water partition coefficient (Wildman–Crippen LogP) is 6.05. The summed E-state index contributed by atoms with van der Waals surface area (Å²) in [5.41, 5.74) is 1.52. The summed E-state index contributed by atoms with van der Waals surface area (Å²) in [4.78, 5) is 1.44. The largest absolute Gasteiger partial charge is 0.494 e. The van der Waals surface area contributed by atoms with Crippen molar-refractivity contribution in [3.05, 3.63) is 18.2 Å². The van der Waals surface area contributed by atoms with Crippen molar-refractivity contribution in [3.8, 4) is 5.75 Å². The van der Waals surface area contributed by atoms with Crippen molar-refractivity contribution >= 4 is 29.4 Å². The van der Waals surface area contributed by atoms with Crippen LogP contribution in [0.4, 0.5) is 5.69 Å². The highest BCUT2D eigenvalue weighted by Crippen LogP contribution is 2.58. The van der Waals surface area contributed by atoms with Gasteiger partial charge in [-0.3, -0.25) is 9.62 Å². The molecular formula is C21H33N2OS2+. The third kappa shape index (κ3) is 3.19. The van der Waals surface area contributed by atoms with E-state index in [0.717, 1.165) is 28.9 Å². The third-order valence-corrected chi connectivity index (χ3v) is 9.06. The van der Waals surface area contributed by atoms with Crippen molar-refractivity contribution in [3.63, 3.8) is 0 Å². The Hall–Kier alpha value is -0.360. The molecule has 5 heteroatoms. The number of hydrogen-bond acceptors (Lipinski definition) is 4. The van der Waals surface area contributed by atoms with E-state index < -0.39 is 0 Å². The second-order valence-electron chi connectivity index (χ2n) is 8.04. The fourth-order valence-corrected chi connectivity index (χ4v) is 8.17. The van der Waals surface area contributed by atoms with Crippen LogP contribution >= 0.6 is 23.7 Å².